The van der Waals surface area contributed by atoms with E-state index in [-0.39, 0.29) is 28.6 Å². The maximum Gasteiger partial charge on any atom is 0.269 e. The Balaban J connectivity index is 1.84. The number of hydrogen-bond acceptors (Lipinski definition) is 5. The molecular formula is C29H24ClN3O4. The average Bonchev–Trinajstić information content (AvgIpc) is 2.90. The first kappa shape index (κ1) is 24.5. The van der Waals surface area contributed by atoms with Gasteiger partial charge >= 0.3 is 0 Å². The first-order chi connectivity index (χ1) is 17.8. The minimum absolute atomic E-state index is 0.00812. The van der Waals surface area contributed by atoms with Crippen molar-refractivity contribution >= 4 is 40.4 Å². The highest BCUT2D eigenvalue weighted by Gasteiger charge is 2.43. The van der Waals surface area contributed by atoms with Gasteiger partial charge in [0.1, 0.15) is 11.6 Å². The van der Waals surface area contributed by atoms with Gasteiger partial charge in [-0.05, 0) is 43.0 Å². The van der Waals surface area contributed by atoms with Crippen LogP contribution in [0.1, 0.15) is 41.9 Å². The van der Waals surface area contributed by atoms with Crippen LogP contribution in [0.2, 0.25) is 5.02 Å². The molecule has 8 heteroatoms. The maximum atomic E-state index is 13.5. The number of ketones is 1. The molecule has 1 heterocycles. The number of aryl methyl sites for hydroxylation is 1. The number of rotatable bonds is 4. The Hall–Kier alpha value is -4.23. The molecule has 0 fully saturated rings. The van der Waals surface area contributed by atoms with Crippen molar-refractivity contribution < 1.29 is 14.8 Å². The number of Topliss-reactive ketones (excluding diaryl/α,β-unsaturated/α-hetero) is 1. The topological polar surface area (TPSA) is 108 Å². The van der Waals surface area contributed by atoms with Gasteiger partial charge in [-0.3, -0.25) is 25.2 Å². The number of hydrogen-bond donors (Lipinski definition) is 2. The number of nitrogens with zero attached hydrogens (tertiary/aromatic N) is 2. The third-order valence-corrected chi connectivity index (χ3v) is 7.29. The molecule has 0 saturated heterocycles. The first-order valence-electron chi connectivity index (χ1n) is 11.9. The van der Waals surface area contributed by atoms with Crippen molar-refractivity contribution in [3.8, 4) is 0 Å². The Labute approximate surface area is 219 Å². The summed E-state index contributed by atoms with van der Waals surface area (Å²) in [5.74, 6) is -1.11. The molecule has 1 aliphatic carbocycles. The fourth-order valence-corrected chi connectivity index (χ4v) is 5.28. The van der Waals surface area contributed by atoms with Crippen molar-refractivity contribution in [2.45, 2.75) is 32.1 Å². The van der Waals surface area contributed by atoms with Crippen LogP contribution < -0.4 is 4.90 Å². The van der Waals surface area contributed by atoms with Crippen molar-refractivity contribution in [1.29, 1.82) is 5.41 Å². The highest BCUT2D eigenvalue weighted by molar-refractivity contribution is 6.32. The summed E-state index contributed by atoms with van der Waals surface area (Å²) >= 11 is 6.45. The number of anilines is 1. The van der Waals surface area contributed by atoms with E-state index in [1.165, 1.54) is 12.1 Å². The predicted molar refractivity (Wildman–Crippen MR) is 144 cm³/mol. The lowest BCUT2D eigenvalue weighted by atomic mass is 9.73. The van der Waals surface area contributed by atoms with Gasteiger partial charge in [0, 0.05) is 57.6 Å². The van der Waals surface area contributed by atoms with Crippen LogP contribution in [-0.2, 0) is 4.79 Å². The molecule has 1 atom stereocenters. The smallest absolute Gasteiger partial charge is 0.269 e. The molecule has 3 aromatic carbocycles. The quantitative estimate of drug-likeness (QED) is 0.219. The number of aliphatic hydroxyl groups is 1. The first-order valence-corrected chi connectivity index (χ1v) is 12.3. The van der Waals surface area contributed by atoms with Gasteiger partial charge in [-0.15, -0.1) is 0 Å². The van der Waals surface area contributed by atoms with Crippen LogP contribution in [0.5, 0.6) is 0 Å². The number of halogens is 1. The van der Waals surface area contributed by atoms with E-state index in [9.17, 15) is 25.4 Å². The number of amidine groups is 1. The molecule has 0 saturated carbocycles. The lowest BCUT2D eigenvalue weighted by Gasteiger charge is -2.41. The Bertz CT molecular complexity index is 1510. The van der Waals surface area contributed by atoms with Gasteiger partial charge in [-0.1, -0.05) is 60.1 Å². The number of carbonyl (C=O) groups excluding carboxylic acids is 1. The van der Waals surface area contributed by atoms with E-state index in [1.54, 1.807) is 47.4 Å². The van der Waals surface area contributed by atoms with E-state index in [2.05, 4.69) is 0 Å². The molecule has 0 bridgehead atoms. The van der Waals surface area contributed by atoms with Gasteiger partial charge in [0.25, 0.3) is 5.69 Å². The molecule has 0 aromatic heterocycles. The van der Waals surface area contributed by atoms with Crippen LogP contribution in [0.25, 0.3) is 5.76 Å². The Morgan fingerprint density at radius 1 is 1.08 bits per heavy atom. The highest BCUT2D eigenvalue weighted by atomic mass is 35.5. The SMILES string of the molecule is Cc1ccc(N2C(=N)/C(=C(/O)c3ccccc3)C(c3cccc([N+](=O)[O-])c3)C3=C2CCCC3=O)cc1Cl. The van der Waals surface area contributed by atoms with E-state index >= 15 is 0 Å². The minimum Gasteiger partial charge on any atom is -0.507 e. The monoisotopic (exact) mass is 513 g/mol. The molecular weight excluding hydrogens is 490 g/mol. The number of nitrogens with one attached hydrogen (secondary N) is 1. The fraction of sp³-hybridized carbons (Fsp3) is 0.172. The summed E-state index contributed by atoms with van der Waals surface area (Å²) in [6, 6.07) is 20.3. The summed E-state index contributed by atoms with van der Waals surface area (Å²) < 4.78 is 0. The third-order valence-electron chi connectivity index (χ3n) is 6.89. The van der Waals surface area contributed by atoms with E-state index in [0.717, 1.165) is 5.56 Å². The molecule has 2 aliphatic rings. The van der Waals surface area contributed by atoms with Gasteiger partial charge in [-0.2, -0.15) is 0 Å². The highest BCUT2D eigenvalue weighted by Crippen LogP contribution is 2.48. The lowest BCUT2D eigenvalue weighted by Crippen LogP contribution is -2.42. The molecule has 37 heavy (non-hydrogen) atoms. The van der Waals surface area contributed by atoms with Crippen molar-refractivity contribution in [3.05, 3.63) is 121 Å². The van der Waals surface area contributed by atoms with Crippen LogP contribution in [0.4, 0.5) is 11.4 Å². The zero-order valence-corrected chi connectivity index (χ0v) is 20.8. The summed E-state index contributed by atoms with van der Waals surface area (Å²) in [6.45, 7) is 1.88. The Morgan fingerprint density at radius 3 is 2.54 bits per heavy atom. The van der Waals surface area contributed by atoms with Crippen molar-refractivity contribution in [2.75, 3.05) is 4.90 Å². The second kappa shape index (κ2) is 9.67. The zero-order chi connectivity index (χ0) is 26.3. The summed E-state index contributed by atoms with van der Waals surface area (Å²) in [4.78, 5) is 26.3. The van der Waals surface area contributed by atoms with Crippen LogP contribution >= 0.6 is 11.6 Å². The second-order valence-electron chi connectivity index (χ2n) is 9.17. The molecule has 0 spiro atoms. The number of benzene rings is 3. The zero-order valence-electron chi connectivity index (χ0n) is 20.1. The summed E-state index contributed by atoms with van der Waals surface area (Å²) in [5.41, 5.74) is 3.61. The molecule has 7 nitrogen and oxygen atoms in total. The lowest BCUT2D eigenvalue weighted by molar-refractivity contribution is -0.384. The average molecular weight is 514 g/mol. The van der Waals surface area contributed by atoms with E-state index < -0.39 is 10.8 Å². The third kappa shape index (κ3) is 4.32. The molecule has 2 N–H and O–H groups in total. The molecule has 1 aliphatic heterocycles. The number of aliphatic hydroxyl groups excluding tert-OH is 1. The van der Waals surface area contributed by atoms with Crippen LogP contribution in [-0.4, -0.2) is 21.6 Å². The summed E-state index contributed by atoms with van der Waals surface area (Å²) in [6.07, 6.45) is 1.48. The van der Waals surface area contributed by atoms with Gasteiger partial charge in [0.05, 0.1) is 4.92 Å². The van der Waals surface area contributed by atoms with Gasteiger partial charge in [0.15, 0.2) is 5.78 Å². The largest absolute Gasteiger partial charge is 0.507 e. The fourth-order valence-electron chi connectivity index (χ4n) is 5.10. The van der Waals surface area contributed by atoms with Gasteiger partial charge in [0.2, 0.25) is 0 Å². The molecule has 186 valence electrons. The molecule has 3 aromatic rings. The summed E-state index contributed by atoms with van der Waals surface area (Å²) in [5, 5.41) is 33.0. The Kier molecular flexibility index (Phi) is 6.39. The number of carbonyl (C=O) groups is 1. The predicted octanol–water partition coefficient (Wildman–Crippen LogP) is 7.11. The van der Waals surface area contributed by atoms with Crippen molar-refractivity contribution in [3.63, 3.8) is 0 Å². The standard InChI is InChI=1S/C29H24ClN3O4/c1-17-13-14-20(16-22(17)30)32-23-11-6-12-24(34)26(23)25(19-9-5-10-21(15-19)33(36)37)27(29(32)31)28(35)18-7-3-2-4-8-18/h2-5,7-10,13-16,25,31,35H,6,11-12H2,1H3/b28-27+,31-29?. The second-order valence-corrected chi connectivity index (χ2v) is 9.58. The number of nitro benzene ring substituents is 1. The summed E-state index contributed by atoms with van der Waals surface area (Å²) in [7, 11) is 0. The van der Waals surface area contributed by atoms with E-state index in [0.29, 0.717) is 52.4 Å². The Morgan fingerprint density at radius 2 is 1.84 bits per heavy atom. The molecule has 5 rings (SSSR count). The number of nitro groups is 1. The van der Waals surface area contributed by atoms with Gasteiger partial charge in [-0.25, -0.2) is 0 Å². The molecule has 1 unspecified atom stereocenters. The van der Waals surface area contributed by atoms with Gasteiger partial charge < -0.3 is 5.11 Å². The maximum absolute atomic E-state index is 13.5. The molecule has 0 radical (unpaired) electrons. The number of non-ortho nitro benzene ring substituents is 1. The van der Waals surface area contributed by atoms with Crippen molar-refractivity contribution in [2.24, 2.45) is 0 Å². The van der Waals surface area contributed by atoms with E-state index in [4.69, 9.17) is 11.6 Å². The van der Waals surface area contributed by atoms with Crippen LogP contribution in [0.3, 0.4) is 0 Å². The van der Waals surface area contributed by atoms with E-state index in [1.807, 2.05) is 25.1 Å². The van der Waals surface area contributed by atoms with Crippen LogP contribution in [0.15, 0.2) is 89.6 Å². The molecule has 0 amide bonds. The number of allylic oxidation sites excluding steroid dienone is 2. The minimum atomic E-state index is -0.840. The normalized spacial score (nSPS) is 19.1. The van der Waals surface area contributed by atoms with Crippen LogP contribution in [0, 0.1) is 22.4 Å². The van der Waals surface area contributed by atoms with Crippen molar-refractivity contribution in [1.82, 2.24) is 0 Å².